The number of carboxylic acid groups (broad SMARTS) is 1. The lowest BCUT2D eigenvalue weighted by Gasteiger charge is -1.95. The minimum absolute atomic E-state index is 0.282. The summed E-state index contributed by atoms with van der Waals surface area (Å²) in [4.78, 5) is 14.4. The van der Waals surface area contributed by atoms with Gasteiger partial charge in [-0.25, -0.2) is 9.78 Å². The van der Waals surface area contributed by atoms with E-state index < -0.39 is 5.97 Å². The van der Waals surface area contributed by atoms with Crippen LogP contribution in [0, 0.1) is 0 Å². The molecule has 0 saturated carbocycles. The van der Waals surface area contributed by atoms with E-state index in [2.05, 4.69) is 4.98 Å². The van der Waals surface area contributed by atoms with E-state index in [1.807, 2.05) is 7.05 Å². The first kappa shape index (κ1) is 8.52. The van der Waals surface area contributed by atoms with Crippen LogP contribution in [0.5, 0.6) is 0 Å². The Labute approximate surface area is 70.2 Å². The third-order valence-corrected chi connectivity index (χ3v) is 1.54. The molecule has 0 aromatic carbocycles. The molecule has 0 saturated heterocycles. The fraction of sp³-hybridized carbons (Fsp3) is 0.250. The van der Waals surface area contributed by atoms with Crippen LogP contribution < -0.4 is 0 Å². The Hall–Kier alpha value is -1.58. The van der Waals surface area contributed by atoms with Crippen molar-refractivity contribution in [3.63, 3.8) is 0 Å². The van der Waals surface area contributed by atoms with Crippen LogP contribution in [0.15, 0.2) is 18.0 Å². The predicted molar refractivity (Wildman–Crippen MR) is 44.5 cm³/mol. The quantitative estimate of drug-likeness (QED) is 0.664. The van der Waals surface area contributed by atoms with Crippen molar-refractivity contribution in [3.05, 3.63) is 23.8 Å². The average molecular weight is 166 g/mol. The minimum atomic E-state index is -0.919. The number of hydrogen-bond donors (Lipinski definition) is 1. The molecule has 1 aromatic rings. The van der Waals surface area contributed by atoms with E-state index in [9.17, 15) is 4.79 Å². The summed E-state index contributed by atoms with van der Waals surface area (Å²) >= 11 is 0. The summed E-state index contributed by atoms with van der Waals surface area (Å²) < 4.78 is 1.76. The van der Waals surface area contributed by atoms with Gasteiger partial charge in [-0.3, -0.25) is 0 Å². The zero-order valence-corrected chi connectivity index (χ0v) is 6.98. The van der Waals surface area contributed by atoms with Gasteiger partial charge in [0, 0.05) is 25.0 Å². The van der Waals surface area contributed by atoms with Crippen molar-refractivity contribution >= 4 is 12.0 Å². The van der Waals surface area contributed by atoms with E-state index in [1.54, 1.807) is 17.0 Å². The lowest BCUT2D eigenvalue weighted by atomic mass is 10.3. The van der Waals surface area contributed by atoms with Gasteiger partial charge < -0.3 is 9.67 Å². The number of aromatic nitrogens is 2. The van der Waals surface area contributed by atoms with Crippen molar-refractivity contribution in [2.75, 3.05) is 0 Å². The van der Waals surface area contributed by atoms with Crippen LogP contribution in [0.4, 0.5) is 0 Å². The van der Waals surface area contributed by atoms with E-state index in [1.165, 1.54) is 13.0 Å². The second-order valence-corrected chi connectivity index (χ2v) is 2.53. The average Bonchev–Trinajstić information content (AvgIpc) is 2.36. The molecule has 4 nitrogen and oxygen atoms in total. The maximum Gasteiger partial charge on any atom is 0.331 e. The highest BCUT2D eigenvalue weighted by Gasteiger charge is 2.01. The van der Waals surface area contributed by atoms with Crippen LogP contribution in [0.1, 0.15) is 12.7 Å². The summed E-state index contributed by atoms with van der Waals surface area (Å²) in [5, 5.41) is 8.57. The molecule has 0 spiro atoms. The zero-order chi connectivity index (χ0) is 9.14. The van der Waals surface area contributed by atoms with Gasteiger partial charge >= 0.3 is 5.97 Å². The second kappa shape index (κ2) is 3.21. The fourth-order valence-electron chi connectivity index (χ4n) is 0.772. The van der Waals surface area contributed by atoms with Gasteiger partial charge in [-0.1, -0.05) is 0 Å². The van der Waals surface area contributed by atoms with Gasteiger partial charge in [-0.2, -0.15) is 0 Å². The van der Waals surface area contributed by atoms with Crippen LogP contribution in [0.25, 0.3) is 6.08 Å². The molecule has 0 aliphatic carbocycles. The van der Waals surface area contributed by atoms with E-state index in [0.29, 0.717) is 5.82 Å². The first-order valence-corrected chi connectivity index (χ1v) is 3.50. The van der Waals surface area contributed by atoms with Crippen molar-refractivity contribution in [3.8, 4) is 0 Å². The smallest absolute Gasteiger partial charge is 0.331 e. The van der Waals surface area contributed by atoms with Gasteiger partial charge in [-0.15, -0.1) is 0 Å². The highest BCUT2D eigenvalue weighted by molar-refractivity contribution is 5.90. The molecule has 12 heavy (non-hydrogen) atoms. The van der Waals surface area contributed by atoms with Crippen molar-refractivity contribution in [1.82, 2.24) is 9.55 Å². The van der Waals surface area contributed by atoms with Crippen molar-refractivity contribution in [1.29, 1.82) is 0 Å². The van der Waals surface area contributed by atoms with Gasteiger partial charge in [0.25, 0.3) is 0 Å². The van der Waals surface area contributed by atoms with Crippen LogP contribution in [-0.2, 0) is 11.8 Å². The number of hydrogen-bond acceptors (Lipinski definition) is 2. The molecule has 0 atom stereocenters. The maximum absolute atomic E-state index is 10.4. The van der Waals surface area contributed by atoms with E-state index in [4.69, 9.17) is 5.11 Å². The number of carboxylic acids is 1. The van der Waals surface area contributed by atoms with Crippen molar-refractivity contribution in [2.45, 2.75) is 6.92 Å². The number of imidazole rings is 1. The zero-order valence-electron chi connectivity index (χ0n) is 6.98. The summed E-state index contributed by atoms with van der Waals surface area (Å²) in [7, 11) is 1.81. The normalized spacial score (nSPS) is 11.7. The summed E-state index contributed by atoms with van der Waals surface area (Å²) in [5.41, 5.74) is 0.282. The molecule has 0 aliphatic rings. The second-order valence-electron chi connectivity index (χ2n) is 2.53. The Morgan fingerprint density at radius 3 is 2.83 bits per heavy atom. The van der Waals surface area contributed by atoms with Crippen LogP contribution in [-0.4, -0.2) is 20.6 Å². The summed E-state index contributed by atoms with van der Waals surface area (Å²) in [6, 6.07) is 0. The molecular formula is C8H10N2O2. The van der Waals surface area contributed by atoms with Crippen molar-refractivity contribution in [2.24, 2.45) is 7.05 Å². The molecule has 0 fully saturated rings. The lowest BCUT2D eigenvalue weighted by molar-refractivity contribution is -0.132. The number of aliphatic carboxylic acids is 1. The molecule has 0 aliphatic heterocycles. The van der Waals surface area contributed by atoms with Gasteiger partial charge in [0.05, 0.1) is 0 Å². The first-order valence-electron chi connectivity index (χ1n) is 3.50. The highest BCUT2D eigenvalue weighted by Crippen LogP contribution is 2.02. The summed E-state index contributed by atoms with van der Waals surface area (Å²) in [6.07, 6.45) is 4.92. The number of nitrogens with zero attached hydrogens (tertiary/aromatic N) is 2. The molecule has 0 radical (unpaired) electrons. The Kier molecular flexibility index (Phi) is 2.28. The molecular weight excluding hydrogens is 156 g/mol. The van der Waals surface area contributed by atoms with Crippen LogP contribution in [0.2, 0.25) is 0 Å². The van der Waals surface area contributed by atoms with E-state index >= 15 is 0 Å². The van der Waals surface area contributed by atoms with Gasteiger partial charge in [-0.05, 0) is 13.0 Å². The van der Waals surface area contributed by atoms with Gasteiger partial charge in [0.1, 0.15) is 5.82 Å². The van der Waals surface area contributed by atoms with E-state index in [0.717, 1.165) is 0 Å². The standard InChI is InChI=1S/C8H10N2O2/c1-6(8(11)12)5-7-9-3-4-10(7)2/h3-5H,1-2H3,(H,11,12)/b6-5+. The third kappa shape index (κ3) is 1.72. The van der Waals surface area contributed by atoms with Gasteiger partial charge in [0.2, 0.25) is 0 Å². The van der Waals surface area contributed by atoms with Crippen LogP contribution in [0.3, 0.4) is 0 Å². The monoisotopic (exact) mass is 166 g/mol. The Balaban J connectivity index is 2.95. The Morgan fingerprint density at radius 1 is 1.75 bits per heavy atom. The Bertz CT molecular complexity index is 326. The third-order valence-electron chi connectivity index (χ3n) is 1.54. The predicted octanol–water partition coefficient (Wildman–Crippen LogP) is 0.908. The molecule has 1 N–H and O–H groups in total. The molecule has 0 amide bonds. The lowest BCUT2D eigenvalue weighted by Crippen LogP contribution is -1.98. The molecule has 64 valence electrons. The SMILES string of the molecule is C/C(=C\c1nccn1C)C(=O)O. The maximum atomic E-state index is 10.4. The number of carbonyl (C=O) groups is 1. The molecule has 4 heteroatoms. The highest BCUT2D eigenvalue weighted by atomic mass is 16.4. The number of rotatable bonds is 2. The minimum Gasteiger partial charge on any atom is -0.478 e. The Morgan fingerprint density at radius 2 is 2.42 bits per heavy atom. The first-order chi connectivity index (χ1) is 5.61. The largest absolute Gasteiger partial charge is 0.478 e. The molecule has 1 rings (SSSR count). The number of aryl methyl sites for hydroxylation is 1. The molecule has 0 unspecified atom stereocenters. The van der Waals surface area contributed by atoms with Crippen molar-refractivity contribution < 1.29 is 9.90 Å². The van der Waals surface area contributed by atoms with E-state index in [-0.39, 0.29) is 5.57 Å². The topological polar surface area (TPSA) is 55.1 Å². The fourth-order valence-corrected chi connectivity index (χ4v) is 0.772. The summed E-state index contributed by atoms with van der Waals surface area (Å²) in [5.74, 6) is -0.270. The van der Waals surface area contributed by atoms with Crippen LogP contribution >= 0.6 is 0 Å². The summed E-state index contributed by atoms with van der Waals surface area (Å²) in [6.45, 7) is 1.54. The molecule has 0 bridgehead atoms. The molecule has 1 heterocycles. The molecule has 1 aromatic heterocycles. The van der Waals surface area contributed by atoms with Gasteiger partial charge in [0.15, 0.2) is 0 Å².